The highest BCUT2D eigenvalue weighted by Gasteiger charge is 2.26. The number of benzene rings is 1. The summed E-state index contributed by atoms with van der Waals surface area (Å²) >= 11 is 0. The molecule has 7 heteroatoms. The van der Waals surface area contributed by atoms with Gasteiger partial charge in [0, 0.05) is 38.3 Å². The van der Waals surface area contributed by atoms with Crippen LogP contribution in [0.3, 0.4) is 0 Å². The summed E-state index contributed by atoms with van der Waals surface area (Å²) in [5.41, 5.74) is 2.44. The number of hydrogen-bond donors (Lipinski definition) is 2. The molecular weight excluding hydrogens is 392 g/mol. The Morgan fingerprint density at radius 1 is 1.13 bits per heavy atom. The number of amides is 1. The lowest BCUT2D eigenvalue weighted by molar-refractivity contribution is -0.141. The SMILES string of the molecule is COC(=O)CC1CN(CC(=O)NCCCCNc2ccccn2)CCc2ccccc21. The number of aromatic nitrogens is 1. The number of rotatable bonds is 10. The molecular formula is C24H32N4O3. The van der Waals surface area contributed by atoms with E-state index in [4.69, 9.17) is 4.74 Å². The first-order valence-electron chi connectivity index (χ1n) is 10.9. The average molecular weight is 425 g/mol. The van der Waals surface area contributed by atoms with Crippen molar-refractivity contribution >= 4 is 17.7 Å². The monoisotopic (exact) mass is 424 g/mol. The van der Waals surface area contributed by atoms with Crippen LogP contribution in [-0.2, 0) is 20.7 Å². The fourth-order valence-electron chi connectivity index (χ4n) is 3.96. The molecule has 1 aliphatic rings. The molecule has 0 radical (unpaired) electrons. The van der Waals surface area contributed by atoms with E-state index in [9.17, 15) is 9.59 Å². The normalized spacial score (nSPS) is 16.1. The number of methoxy groups -OCH3 is 1. The fraction of sp³-hybridized carbons (Fsp3) is 0.458. The van der Waals surface area contributed by atoms with Gasteiger partial charge in [-0.2, -0.15) is 0 Å². The Morgan fingerprint density at radius 2 is 1.94 bits per heavy atom. The predicted octanol–water partition coefficient (Wildman–Crippen LogP) is 2.59. The van der Waals surface area contributed by atoms with Gasteiger partial charge in [0.05, 0.1) is 20.1 Å². The van der Waals surface area contributed by atoms with Crippen molar-refractivity contribution in [1.29, 1.82) is 0 Å². The minimum Gasteiger partial charge on any atom is -0.469 e. The molecule has 1 aromatic carbocycles. The van der Waals surface area contributed by atoms with Crippen LogP contribution in [0.4, 0.5) is 5.82 Å². The van der Waals surface area contributed by atoms with Crippen molar-refractivity contribution in [3.63, 3.8) is 0 Å². The van der Waals surface area contributed by atoms with Crippen LogP contribution in [0.2, 0.25) is 0 Å². The standard InChI is InChI=1S/C24H32N4O3/c1-31-24(30)16-20-17-28(15-11-19-8-2-3-9-21(19)20)18-23(29)27-14-7-6-13-26-22-10-4-5-12-25-22/h2-5,8-10,12,20H,6-7,11,13-18H2,1H3,(H,25,26)(H,27,29). The van der Waals surface area contributed by atoms with E-state index in [-0.39, 0.29) is 17.8 Å². The molecule has 2 N–H and O–H groups in total. The van der Waals surface area contributed by atoms with Gasteiger partial charge in [-0.3, -0.25) is 14.5 Å². The molecule has 3 rings (SSSR count). The van der Waals surface area contributed by atoms with Crippen molar-refractivity contribution in [2.75, 3.05) is 45.2 Å². The van der Waals surface area contributed by atoms with Crippen LogP contribution in [0.15, 0.2) is 48.7 Å². The number of unbranched alkanes of at least 4 members (excludes halogenated alkanes) is 1. The first-order valence-corrected chi connectivity index (χ1v) is 10.9. The highest BCUT2D eigenvalue weighted by Crippen LogP contribution is 2.28. The van der Waals surface area contributed by atoms with Crippen molar-refractivity contribution in [1.82, 2.24) is 15.2 Å². The summed E-state index contributed by atoms with van der Waals surface area (Å²) in [6, 6.07) is 14.0. The lowest BCUT2D eigenvalue weighted by Gasteiger charge is -2.24. The van der Waals surface area contributed by atoms with E-state index in [1.54, 1.807) is 6.20 Å². The molecule has 1 unspecified atom stereocenters. The van der Waals surface area contributed by atoms with Gasteiger partial charge in [0.2, 0.25) is 5.91 Å². The van der Waals surface area contributed by atoms with Crippen molar-refractivity contribution in [2.24, 2.45) is 0 Å². The molecule has 0 fully saturated rings. The van der Waals surface area contributed by atoms with Gasteiger partial charge >= 0.3 is 5.97 Å². The largest absolute Gasteiger partial charge is 0.469 e. The predicted molar refractivity (Wildman–Crippen MR) is 121 cm³/mol. The third kappa shape index (κ3) is 7.36. The summed E-state index contributed by atoms with van der Waals surface area (Å²) in [5.74, 6) is 0.720. The van der Waals surface area contributed by atoms with E-state index in [2.05, 4.69) is 32.7 Å². The van der Waals surface area contributed by atoms with Crippen LogP contribution < -0.4 is 10.6 Å². The Kier molecular flexibility index (Phi) is 8.84. The highest BCUT2D eigenvalue weighted by atomic mass is 16.5. The first kappa shape index (κ1) is 22.7. The summed E-state index contributed by atoms with van der Waals surface area (Å²) in [6.45, 7) is 3.30. The van der Waals surface area contributed by atoms with Crippen molar-refractivity contribution in [2.45, 2.75) is 31.6 Å². The van der Waals surface area contributed by atoms with E-state index in [1.165, 1.54) is 18.2 Å². The molecule has 1 amide bonds. The number of nitrogens with zero attached hydrogens (tertiary/aromatic N) is 2. The third-order valence-electron chi connectivity index (χ3n) is 5.58. The lowest BCUT2D eigenvalue weighted by atomic mass is 9.91. The van der Waals surface area contributed by atoms with E-state index in [0.717, 1.165) is 38.2 Å². The zero-order valence-corrected chi connectivity index (χ0v) is 18.2. The number of esters is 1. The van der Waals surface area contributed by atoms with Gasteiger partial charge in [0.25, 0.3) is 0 Å². The fourth-order valence-corrected chi connectivity index (χ4v) is 3.96. The van der Waals surface area contributed by atoms with Crippen molar-refractivity contribution in [3.8, 4) is 0 Å². The number of hydrogen-bond acceptors (Lipinski definition) is 6. The summed E-state index contributed by atoms with van der Waals surface area (Å²) in [4.78, 5) is 30.8. The summed E-state index contributed by atoms with van der Waals surface area (Å²) in [6.07, 6.45) is 4.83. The number of nitrogens with one attached hydrogen (secondary N) is 2. The first-order chi connectivity index (χ1) is 15.2. The second-order valence-corrected chi connectivity index (χ2v) is 7.86. The lowest BCUT2D eigenvalue weighted by Crippen LogP contribution is -2.39. The highest BCUT2D eigenvalue weighted by molar-refractivity contribution is 5.78. The maximum atomic E-state index is 12.5. The smallest absolute Gasteiger partial charge is 0.306 e. The minimum absolute atomic E-state index is 0.0282. The molecule has 0 spiro atoms. The van der Waals surface area contributed by atoms with Crippen LogP contribution in [-0.4, -0.2) is 61.6 Å². The number of ether oxygens (including phenoxy) is 1. The van der Waals surface area contributed by atoms with Crippen LogP contribution in [0.25, 0.3) is 0 Å². The van der Waals surface area contributed by atoms with Gasteiger partial charge in [-0.15, -0.1) is 0 Å². The molecule has 2 aromatic rings. The quantitative estimate of drug-likeness (QED) is 0.451. The Balaban J connectivity index is 1.41. The maximum absolute atomic E-state index is 12.5. The van der Waals surface area contributed by atoms with Gasteiger partial charge < -0.3 is 15.4 Å². The topological polar surface area (TPSA) is 83.6 Å². The number of pyridine rings is 1. The number of carbonyl (C=O) groups excluding carboxylic acids is 2. The molecule has 7 nitrogen and oxygen atoms in total. The van der Waals surface area contributed by atoms with E-state index in [0.29, 0.717) is 26.1 Å². The Hall–Kier alpha value is -2.93. The van der Waals surface area contributed by atoms with Gasteiger partial charge in [0.1, 0.15) is 5.82 Å². The summed E-state index contributed by atoms with van der Waals surface area (Å²) < 4.78 is 4.89. The molecule has 1 aromatic heterocycles. The molecule has 0 aliphatic carbocycles. The molecule has 0 bridgehead atoms. The Labute approximate surface area is 184 Å². The molecule has 166 valence electrons. The summed E-state index contributed by atoms with van der Waals surface area (Å²) in [7, 11) is 1.42. The maximum Gasteiger partial charge on any atom is 0.306 e. The minimum atomic E-state index is -0.217. The molecule has 31 heavy (non-hydrogen) atoms. The average Bonchev–Trinajstić information content (AvgIpc) is 2.96. The van der Waals surface area contributed by atoms with Crippen molar-refractivity contribution in [3.05, 3.63) is 59.8 Å². The van der Waals surface area contributed by atoms with Gasteiger partial charge in [-0.1, -0.05) is 30.3 Å². The van der Waals surface area contributed by atoms with Crippen LogP contribution in [0, 0.1) is 0 Å². The van der Waals surface area contributed by atoms with Gasteiger partial charge in [0.15, 0.2) is 0 Å². The second-order valence-electron chi connectivity index (χ2n) is 7.86. The van der Waals surface area contributed by atoms with E-state index in [1.807, 2.05) is 30.3 Å². The van der Waals surface area contributed by atoms with Crippen LogP contribution in [0.5, 0.6) is 0 Å². The van der Waals surface area contributed by atoms with Crippen LogP contribution in [0.1, 0.15) is 36.3 Å². The van der Waals surface area contributed by atoms with E-state index < -0.39 is 0 Å². The summed E-state index contributed by atoms with van der Waals surface area (Å²) in [5, 5.41) is 6.29. The Bertz CT molecular complexity index is 844. The zero-order valence-electron chi connectivity index (χ0n) is 18.2. The molecule has 0 saturated heterocycles. The Morgan fingerprint density at radius 3 is 2.74 bits per heavy atom. The number of fused-ring (bicyclic) bond motifs is 1. The van der Waals surface area contributed by atoms with E-state index >= 15 is 0 Å². The zero-order chi connectivity index (χ0) is 21.9. The van der Waals surface area contributed by atoms with Gasteiger partial charge in [-0.25, -0.2) is 4.98 Å². The second kappa shape index (κ2) is 12.1. The molecule has 1 atom stereocenters. The molecule has 0 saturated carbocycles. The third-order valence-corrected chi connectivity index (χ3v) is 5.58. The van der Waals surface area contributed by atoms with Crippen molar-refractivity contribution < 1.29 is 14.3 Å². The molecule has 2 heterocycles. The number of anilines is 1. The molecule has 1 aliphatic heterocycles. The number of carbonyl (C=O) groups is 2. The van der Waals surface area contributed by atoms with Crippen LogP contribution >= 0.6 is 0 Å². The van der Waals surface area contributed by atoms with Gasteiger partial charge in [-0.05, 0) is 42.5 Å².